The highest BCUT2D eigenvalue weighted by Gasteiger charge is 2.34. The summed E-state index contributed by atoms with van der Waals surface area (Å²) < 4.78 is 0. The fourth-order valence-electron chi connectivity index (χ4n) is 3.26. The second-order valence-electron chi connectivity index (χ2n) is 8.77. The molecule has 4 N–H and O–H groups in total. The van der Waals surface area contributed by atoms with Crippen molar-refractivity contribution in [3.05, 3.63) is 0 Å². The van der Waals surface area contributed by atoms with Crippen LogP contribution in [0, 0.1) is 11.8 Å². The van der Waals surface area contributed by atoms with E-state index in [-0.39, 0.29) is 24.3 Å². The Morgan fingerprint density at radius 2 is 1.47 bits per heavy atom. The molecule has 0 aliphatic carbocycles. The number of likely N-dealkylation sites (N-methyl/N-ethyl adjacent to an activating group) is 3. The van der Waals surface area contributed by atoms with E-state index in [1.807, 2.05) is 13.8 Å². The summed E-state index contributed by atoms with van der Waals surface area (Å²) in [7, 11) is 6.02. The number of aliphatic carboxylic acids is 1. The first-order valence-electron chi connectivity index (χ1n) is 10.7. The number of nitrogens with zero attached hydrogens (tertiary/aromatic N) is 2. The summed E-state index contributed by atoms with van der Waals surface area (Å²) in [5, 5.41) is 17.0. The van der Waals surface area contributed by atoms with Crippen LogP contribution in [0.1, 0.15) is 40.5 Å². The molecule has 0 unspecified atom stereocenters. The number of amides is 4. The standard InChI is InChI=1S/C21H39N5O6/c1-12(2)9-14(22-5)19(30)23-11-16(27)26(8)18(13(3)4)20(31)24-15(10-17(28)29)21(32)25(6)7/h12-15,18,22H,9-11H2,1-8H3,(H,23,30)(H,24,31)(H,28,29)/t14-,15-,18-/m0/s1. The number of carboxylic acids is 1. The van der Waals surface area contributed by atoms with Crippen molar-refractivity contribution in [2.75, 3.05) is 34.7 Å². The minimum absolute atomic E-state index is 0.286. The van der Waals surface area contributed by atoms with E-state index in [1.165, 1.54) is 30.9 Å². The van der Waals surface area contributed by atoms with Crippen LogP contribution in [-0.4, -0.2) is 97.4 Å². The third-order valence-corrected chi connectivity index (χ3v) is 4.93. The van der Waals surface area contributed by atoms with Crippen LogP contribution in [0.25, 0.3) is 0 Å². The first-order valence-corrected chi connectivity index (χ1v) is 10.7. The lowest BCUT2D eigenvalue weighted by Crippen LogP contribution is -2.57. The highest BCUT2D eigenvalue weighted by atomic mass is 16.4. The van der Waals surface area contributed by atoms with Gasteiger partial charge >= 0.3 is 5.97 Å². The molecular weight excluding hydrogens is 418 g/mol. The molecule has 0 fully saturated rings. The van der Waals surface area contributed by atoms with Gasteiger partial charge in [-0.1, -0.05) is 27.7 Å². The van der Waals surface area contributed by atoms with Crippen molar-refractivity contribution in [2.24, 2.45) is 11.8 Å². The minimum atomic E-state index is -1.26. The third-order valence-electron chi connectivity index (χ3n) is 4.93. The van der Waals surface area contributed by atoms with Gasteiger partial charge in [-0.05, 0) is 25.3 Å². The van der Waals surface area contributed by atoms with Gasteiger partial charge in [0.15, 0.2) is 0 Å². The molecule has 11 nitrogen and oxygen atoms in total. The molecule has 0 rings (SSSR count). The first kappa shape index (κ1) is 29.3. The number of hydrogen-bond acceptors (Lipinski definition) is 6. The fourth-order valence-corrected chi connectivity index (χ4v) is 3.26. The zero-order valence-corrected chi connectivity index (χ0v) is 20.4. The first-order chi connectivity index (χ1) is 14.7. The number of carboxylic acid groups (broad SMARTS) is 1. The molecule has 0 spiro atoms. The van der Waals surface area contributed by atoms with Gasteiger partial charge in [-0.2, -0.15) is 0 Å². The lowest BCUT2D eigenvalue weighted by atomic mass is 10.0. The maximum Gasteiger partial charge on any atom is 0.305 e. The van der Waals surface area contributed by atoms with Gasteiger partial charge in [0.05, 0.1) is 19.0 Å². The van der Waals surface area contributed by atoms with Gasteiger partial charge in [0, 0.05) is 21.1 Å². The topological polar surface area (TPSA) is 148 Å². The highest BCUT2D eigenvalue weighted by Crippen LogP contribution is 2.11. The molecule has 0 bridgehead atoms. The molecule has 184 valence electrons. The lowest BCUT2D eigenvalue weighted by Gasteiger charge is -2.32. The third kappa shape index (κ3) is 9.63. The quantitative estimate of drug-likeness (QED) is 0.285. The molecule has 0 saturated carbocycles. The molecule has 0 aliphatic rings. The Hall–Kier alpha value is -2.69. The average molecular weight is 458 g/mol. The van der Waals surface area contributed by atoms with Gasteiger partial charge in [0.2, 0.25) is 23.6 Å². The van der Waals surface area contributed by atoms with Crippen LogP contribution in [0.4, 0.5) is 0 Å². The summed E-state index contributed by atoms with van der Waals surface area (Å²) in [6.07, 6.45) is 0.0246. The van der Waals surface area contributed by atoms with Crippen LogP contribution in [-0.2, 0) is 24.0 Å². The van der Waals surface area contributed by atoms with Gasteiger partial charge < -0.3 is 30.9 Å². The van der Waals surface area contributed by atoms with E-state index in [9.17, 15) is 24.0 Å². The second kappa shape index (κ2) is 13.7. The molecule has 3 atom stereocenters. The van der Waals surface area contributed by atoms with E-state index >= 15 is 0 Å². The van der Waals surface area contributed by atoms with Crippen LogP contribution < -0.4 is 16.0 Å². The largest absolute Gasteiger partial charge is 0.481 e. The van der Waals surface area contributed by atoms with Crippen molar-refractivity contribution in [3.63, 3.8) is 0 Å². The molecule has 0 saturated heterocycles. The Morgan fingerprint density at radius 3 is 1.88 bits per heavy atom. The molecule has 0 aromatic carbocycles. The zero-order valence-electron chi connectivity index (χ0n) is 20.4. The van der Waals surface area contributed by atoms with Crippen molar-refractivity contribution >= 4 is 29.6 Å². The van der Waals surface area contributed by atoms with Gasteiger partial charge in [0.1, 0.15) is 12.1 Å². The van der Waals surface area contributed by atoms with E-state index in [0.717, 1.165) is 0 Å². The van der Waals surface area contributed by atoms with E-state index in [4.69, 9.17) is 5.11 Å². The normalized spacial score (nSPS) is 13.8. The molecule has 0 aliphatic heterocycles. The van der Waals surface area contributed by atoms with Crippen molar-refractivity contribution < 1.29 is 29.1 Å². The van der Waals surface area contributed by atoms with Gasteiger partial charge in [-0.3, -0.25) is 24.0 Å². The molecule has 11 heteroatoms. The van der Waals surface area contributed by atoms with Crippen molar-refractivity contribution in [1.82, 2.24) is 25.8 Å². The van der Waals surface area contributed by atoms with Crippen LogP contribution in [0.2, 0.25) is 0 Å². The molecule has 0 heterocycles. The number of nitrogens with one attached hydrogen (secondary N) is 3. The monoisotopic (exact) mass is 457 g/mol. The summed E-state index contributed by atoms with van der Waals surface area (Å²) in [4.78, 5) is 63.7. The Bertz CT molecular complexity index is 680. The van der Waals surface area contributed by atoms with E-state index in [2.05, 4.69) is 16.0 Å². The molecule has 4 amide bonds. The maximum atomic E-state index is 12.9. The average Bonchev–Trinajstić information content (AvgIpc) is 2.67. The summed E-state index contributed by atoms with van der Waals surface area (Å²) in [6.45, 7) is 7.14. The predicted octanol–water partition coefficient (Wildman–Crippen LogP) is -0.733. The Kier molecular flexibility index (Phi) is 12.5. The van der Waals surface area contributed by atoms with Crippen molar-refractivity contribution in [1.29, 1.82) is 0 Å². The molecule has 0 aromatic rings. The summed E-state index contributed by atoms with van der Waals surface area (Å²) in [5.74, 6) is -3.28. The summed E-state index contributed by atoms with van der Waals surface area (Å²) in [5.41, 5.74) is 0. The summed E-state index contributed by atoms with van der Waals surface area (Å²) in [6, 6.07) is -2.65. The lowest BCUT2D eigenvalue weighted by molar-refractivity contribution is -0.145. The molecule has 0 radical (unpaired) electrons. The van der Waals surface area contributed by atoms with E-state index in [0.29, 0.717) is 6.42 Å². The van der Waals surface area contributed by atoms with Gasteiger partial charge in [-0.15, -0.1) is 0 Å². The zero-order chi connectivity index (χ0) is 25.2. The van der Waals surface area contributed by atoms with Crippen LogP contribution in [0.15, 0.2) is 0 Å². The van der Waals surface area contributed by atoms with Crippen molar-refractivity contribution in [2.45, 2.75) is 58.7 Å². The van der Waals surface area contributed by atoms with Gasteiger partial charge in [0.25, 0.3) is 0 Å². The maximum absolute atomic E-state index is 12.9. The molecule has 32 heavy (non-hydrogen) atoms. The van der Waals surface area contributed by atoms with Crippen molar-refractivity contribution in [3.8, 4) is 0 Å². The highest BCUT2D eigenvalue weighted by molar-refractivity contribution is 5.94. The number of carbonyl (C=O) groups excluding carboxylic acids is 4. The smallest absolute Gasteiger partial charge is 0.305 e. The Balaban J connectivity index is 5.28. The van der Waals surface area contributed by atoms with E-state index in [1.54, 1.807) is 20.9 Å². The molecule has 0 aromatic heterocycles. The van der Waals surface area contributed by atoms with E-state index < -0.39 is 48.2 Å². The fraction of sp³-hybridized carbons (Fsp3) is 0.762. The Morgan fingerprint density at radius 1 is 0.906 bits per heavy atom. The Labute approximate surface area is 190 Å². The van der Waals surface area contributed by atoms with Crippen LogP contribution in [0.3, 0.4) is 0 Å². The second-order valence-corrected chi connectivity index (χ2v) is 8.77. The van der Waals surface area contributed by atoms with Crippen LogP contribution in [0.5, 0.6) is 0 Å². The van der Waals surface area contributed by atoms with Crippen LogP contribution >= 0.6 is 0 Å². The van der Waals surface area contributed by atoms with Gasteiger partial charge in [-0.25, -0.2) is 0 Å². The minimum Gasteiger partial charge on any atom is -0.481 e. The number of carbonyl (C=O) groups is 5. The summed E-state index contributed by atoms with van der Waals surface area (Å²) >= 11 is 0. The predicted molar refractivity (Wildman–Crippen MR) is 120 cm³/mol. The number of hydrogen-bond donors (Lipinski definition) is 4. The number of rotatable bonds is 13. The SMILES string of the molecule is CN[C@@H](CC(C)C)C(=O)NCC(=O)N(C)[C@H](C(=O)N[C@@H](CC(=O)O)C(=O)N(C)C)C(C)C. The molecular formula is C21H39N5O6.